The van der Waals surface area contributed by atoms with Crippen LogP contribution in [0.2, 0.25) is 0 Å². The fraction of sp³-hybridized carbons (Fsp3) is 0.211. The molecule has 1 saturated heterocycles. The first kappa shape index (κ1) is 16.9. The van der Waals surface area contributed by atoms with Crippen LogP contribution in [0, 0.1) is 5.82 Å². The van der Waals surface area contributed by atoms with Gasteiger partial charge in [0.1, 0.15) is 5.82 Å². The summed E-state index contributed by atoms with van der Waals surface area (Å²) in [6, 6.07) is 10.9. The molecular weight excluding hydrogens is 405 g/mol. The van der Waals surface area contributed by atoms with Crippen LogP contribution in [-0.4, -0.2) is 35.6 Å². The Bertz CT molecular complexity index is 960. The Balaban J connectivity index is 1.59. The Kier molecular flexibility index (Phi) is 3.91. The summed E-state index contributed by atoms with van der Waals surface area (Å²) in [5.41, 5.74) is -0.000344. The fourth-order valence-corrected chi connectivity index (χ4v) is 3.87. The molecule has 7 heteroatoms. The molecule has 26 heavy (non-hydrogen) atoms. The molecule has 0 aliphatic carbocycles. The Morgan fingerprint density at radius 2 is 1.96 bits per heavy atom. The van der Waals surface area contributed by atoms with Crippen molar-refractivity contribution < 1.29 is 23.5 Å². The van der Waals surface area contributed by atoms with Crippen LogP contribution in [0.1, 0.15) is 32.7 Å². The number of rotatable bonds is 2. The Labute approximate surface area is 156 Å². The molecule has 5 nitrogen and oxygen atoms in total. The zero-order valence-electron chi connectivity index (χ0n) is 13.5. The van der Waals surface area contributed by atoms with Gasteiger partial charge in [-0.25, -0.2) is 9.18 Å². The molecule has 132 valence electrons. The molecule has 0 bridgehead atoms. The van der Waals surface area contributed by atoms with Gasteiger partial charge in [0.2, 0.25) is 0 Å². The molecule has 2 aliphatic heterocycles. The van der Waals surface area contributed by atoms with E-state index in [0.29, 0.717) is 16.5 Å². The molecule has 2 heterocycles. The highest BCUT2D eigenvalue weighted by Crippen LogP contribution is 2.43. The van der Waals surface area contributed by atoms with E-state index in [-0.39, 0.29) is 18.7 Å². The third kappa shape index (κ3) is 2.54. The number of halogens is 2. The minimum Gasteiger partial charge on any atom is -0.449 e. The second-order valence-corrected chi connectivity index (χ2v) is 7.28. The number of esters is 1. The molecule has 2 aromatic carbocycles. The number of ketones is 1. The lowest BCUT2D eigenvalue weighted by molar-refractivity contribution is -0.126. The maximum atomic E-state index is 14.0. The van der Waals surface area contributed by atoms with Gasteiger partial charge in [0, 0.05) is 23.0 Å². The van der Waals surface area contributed by atoms with Crippen molar-refractivity contribution in [1.29, 1.82) is 0 Å². The number of benzene rings is 2. The monoisotopic (exact) mass is 417 g/mol. The number of fused-ring (bicyclic) bond motifs is 2. The molecule has 2 aliphatic rings. The molecular formula is C19H13BrFNO4. The van der Waals surface area contributed by atoms with Crippen molar-refractivity contribution in [3.8, 4) is 0 Å². The fourth-order valence-electron chi connectivity index (χ4n) is 3.54. The van der Waals surface area contributed by atoms with E-state index < -0.39 is 29.1 Å². The summed E-state index contributed by atoms with van der Waals surface area (Å²) in [6.45, 7) is 0.336. The zero-order chi connectivity index (χ0) is 18.5. The molecule has 0 saturated carbocycles. The first-order chi connectivity index (χ1) is 12.4. The molecule has 1 amide bonds. The lowest BCUT2D eigenvalue weighted by Gasteiger charge is -2.23. The summed E-state index contributed by atoms with van der Waals surface area (Å²) in [7, 11) is 0. The predicted octanol–water partition coefficient (Wildman–Crippen LogP) is 3.07. The van der Waals surface area contributed by atoms with Gasteiger partial charge in [-0.3, -0.25) is 9.59 Å². The minimum absolute atomic E-state index is 0.0818. The van der Waals surface area contributed by atoms with E-state index in [1.165, 1.54) is 17.0 Å². The number of carbonyl (C=O) groups is 3. The average Bonchev–Trinajstić information content (AvgIpc) is 3.17. The largest absolute Gasteiger partial charge is 0.449 e. The van der Waals surface area contributed by atoms with Gasteiger partial charge in [-0.1, -0.05) is 34.1 Å². The second-order valence-electron chi connectivity index (χ2n) is 6.36. The van der Waals surface area contributed by atoms with Gasteiger partial charge in [-0.2, -0.15) is 0 Å². The third-order valence-corrected chi connectivity index (χ3v) is 5.31. The summed E-state index contributed by atoms with van der Waals surface area (Å²) in [6.07, 6.45) is 0.400. The first-order valence-electron chi connectivity index (χ1n) is 8.03. The van der Waals surface area contributed by atoms with Gasteiger partial charge < -0.3 is 9.64 Å². The third-order valence-electron chi connectivity index (χ3n) is 4.81. The van der Waals surface area contributed by atoms with Crippen LogP contribution in [0.25, 0.3) is 0 Å². The second kappa shape index (κ2) is 6.02. The van der Waals surface area contributed by atoms with E-state index in [1.807, 2.05) is 0 Å². The van der Waals surface area contributed by atoms with Crippen LogP contribution in [0.3, 0.4) is 0 Å². The summed E-state index contributed by atoms with van der Waals surface area (Å²) in [5.74, 6) is -2.90. The Hall–Kier alpha value is -2.54. The molecule has 2 aromatic rings. The van der Waals surface area contributed by atoms with Crippen LogP contribution >= 0.6 is 15.9 Å². The van der Waals surface area contributed by atoms with Crippen LogP contribution < -0.4 is 0 Å². The summed E-state index contributed by atoms with van der Waals surface area (Å²) >= 11 is 3.12. The number of ether oxygens (including phenoxy) is 1. The molecule has 0 radical (unpaired) electrons. The molecule has 1 spiro atoms. The van der Waals surface area contributed by atoms with Crippen molar-refractivity contribution in [2.24, 2.45) is 0 Å². The summed E-state index contributed by atoms with van der Waals surface area (Å²) < 4.78 is 20.0. The number of hydrogen-bond acceptors (Lipinski definition) is 4. The van der Waals surface area contributed by atoms with E-state index >= 15 is 0 Å². The standard InChI is InChI=1S/C19H13BrFNO4/c20-11-5-6-13(15(21)9-11)16(23)17(24)22-8-7-19(10-22)14-4-2-1-3-12(14)18(25)26-19/h1-6,9H,7-8,10H2/t19-/m0/s1. The van der Waals surface area contributed by atoms with Gasteiger partial charge >= 0.3 is 5.97 Å². The Morgan fingerprint density at radius 3 is 2.73 bits per heavy atom. The van der Waals surface area contributed by atoms with Crippen molar-refractivity contribution in [3.63, 3.8) is 0 Å². The molecule has 1 atom stereocenters. The van der Waals surface area contributed by atoms with Gasteiger partial charge in [-0.05, 0) is 24.3 Å². The summed E-state index contributed by atoms with van der Waals surface area (Å²) in [4.78, 5) is 38.4. The number of Topliss-reactive ketones (excluding diaryl/α,β-unsaturated/α-hetero) is 1. The highest BCUT2D eigenvalue weighted by molar-refractivity contribution is 9.10. The minimum atomic E-state index is -0.929. The van der Waals surface area contributed by atoms with E-state index in [2.05, 4.69) is 15.9 Å². The molecule has 4 rings (SSSR count). The van der Waals surface area contributed by atoms with Crippen LogP contribution in [0.4, 0.5) is 4.39 Å². The van der Waals surface area contributed by atoms with E-state index in [9.17, 15) is 18.8 Å². The van der Waals surface area contributed by atoms with Crippen LogP contribution in [0.5, 0.6) is 0 Å². The maximum Gasteiger partial charge on any atom is 0.339 e. The van der Waals surface area contributed by atoms with E-state index in [1.54, 1.807) is 24.3 Å². The average molecular weight is 418 g/mol. The van der Waals surface area contributed by atoms with Gasteiger partial charge in [0.15, 0.2) is 5.60 Å². The molecule has 1 fully saturated rings. The van der Waals surface area contributed by atoms with Crippen molar-refractivity contribution >= 4 is 33.6 Å². The SMILES string of the molecule is O=C(C(=O)N1CC[C@@]2(C1)OC(=O)c1ccccc12)c1ccc(Br)cc1F. The van der Waals surface area contributed by atoms with E-state index in [0.717, 1.165) is 11.6 Å². The van der Waals surface area contributed by atoms with E-state index in [4.69, 9.17) is 4.74 Å². The molecule has 0 N–H and O–H groups in total. The lowest BCUT2D eigenvalue weighted by atomic mass is 9.91. The number of likely N-dealkylation sites (tertiary alicyclic amines) is 1. The summed E-state index contributed by atoms with van der Waals surface area (Å²) in [5, 5.41) is 0. The van der Waals surface area contributed by atoms with Crippen molar-refractivity contribution in [1.82, 2.24) is 4.90 Å². The van der Waals surface area contributed by atoms with Crippen molar-refractivity contribution in [2.45, 2.75) is 12.0 Å². The van der Waals surface area contributed by atoms with Crippen LogP contribution in [0.15, 0.2) is 46.9 Å². The highest BCUT2D eigenvalue weighted by atomic mass is 79.9. The molecule has 0 aromatic heterocycles. The number of amides is 1. The zero-order valence-corrected chi connectivity index (χ0v) is 15.1. The number of hydrogen-bond donors (Lipinski definition) is 0. The van der Waals surface area contributed by atoms with Gasteiger partial charge in [-0.15, -0.1) is 0 Å². The van der Waals surface area contributed by atoms with Crippen molar-refractivity contribution in [2.75, 3.05) is 13.1 Å². The van der Waals surface area contributed by atoms with Gasteiger partial charge in [0.05, 0.1) is 17.7 Å². The topological polar surface area (TPSA) is 63.7 Å². The van der Waals surface area contributed by atoms with Crippen LogP contribution in [-0.2, 0) is 15.1 Å². The normalized spacial score (nSPS) is 21.0. The quantitative estimate of drug-likeness (QED) is 0.427. The molecule has 0 unspecified atom stereocenters. The smallest absolute Gasteiger partial charge is 0.339 e. The van der Waals surface area contributed by atoms with Gasteiger partial charge in [0.25, 0.3) is 11.7 Å². The number of carbonyl (C=O) groups excluding carboxylic acids is 3. The maximum absolute atomic E-state index is 14.0. The predicted molar refractivity (Wildman–Crippen MR) is 93.2 cm³/mol. The number of nitrogens with zero attached hydrogens (tertiary/aromatic N) is 1. The highest BCUT2D eigenvalue weighted by Gasteiger charge is 2.51. The lowest BCUT2D eigenvalue weighted by Crippen LogP contribution is -2.38. The Morgan fingerprint density at radius 1 is 1.19 bits per heavy atom. The van der Waals surface area contributed by atoms with Crippen molar-refractivity contribution in [3.05, 3.63) is 69.4 Å². The first-order valence-corrected chi connectivity index (χ1v) is 8.82.